The first-order chi connectivity index (χ1) is 13.9. The van der Waals surface area contributed by atoms with E-state index in [-0.39, 0.29) is 10.8 Å². The van der Waals surface area contributed by atoms with Crippen LogP contribution in [0.4, 0.5) is 5.13 Å². The molecule has 0 radical (unpaired) electrons. The van der Waals surface area contributed by atoms with Crippen LogP contribution in [0, 0.1) is 0 Å². The zero-order valence-corrected chi connectivity index (χ0v) is 17.8. The second kappa shape index (κ2) is 7.64. The Balaban J connectivity index is 1.52. The molecule has 0 aliphatic carbocycles. The van der Waals surface area contributed by atoms with Gasteiger partial charge in [0.05, 0.1) is 22.3 Å². The molecule has 0 bridgehead atoms. The molecule has 0 atom stereocenters. The molecule has 0 spiro atoms. The molecule has 1 aliphatic heterocycles. The molecule has 4 rings (SSSR count). The third-order valence-corrected chi connectivity index (χ3v) is 7.15. The van der Waals surface area contributed by atoms with Crippen LogP contribution in [0.1, 0.15) is 10.4 Å². The summed E-state index contributed by atoms with van der Waals surface area (Å²) in [6, 6.07) is 12.4. The predicted octanol–water partition coefficient (Wildman–Crippen LogP) is 2.67. The van der Waals surface area contributed by atoms with Crippen molar-refractivity contribution in [1.29, 1.82) is 0 Å². The Bertz CT molecular complexity index is 1170. The van der Waals surface area contributed by atoms with Gasteiger partial charge in [0.25, 0.3) is 5.91 Å². The Morgan fingerprint density at radius 3 is 2.48 bits per heavy atom. The highest BCUT2D eigenvalue weighted by Crippen LogP contribution is 2.33. The highest BCUT2D eigenvalue weighted by molar-refractivity contribution is 7.91. The second-order valence-electron chi connectivity index (χ2n) is 6.85. The first kappa shape index (κ1) is 19.7. The number of nitrogens with zero attached hydrogens (tertiary/aromatic N) is 3. The Kier molecular flexibility index (Phi) is 5.18. The number of methoxy groups -OCH3 is 1. The van der Waals surface area contributed by atoms with Gasteiger partial charge in [0.1, 0.15) is 11.3 Å². The summed E-state index contributed by atoms with van der Waals surface area (Å²) in [5.41, 5.74) is 1.07. The minimum absolute atomic E-state index is 0.0502. The highest BCUT2D eigenvalue weighted by Gasteiger charge is 2.26. The number of sulfone groups is 1. The molecule has 3 aromatic rings. The summed E-state index contributed by atoms with van der Waals surface area (Å²) >= 11 is 1.47. The molecule has 7 nitrogen and oxygen atoms in total. The molecule has 0 unspecified atom stereocenters. The molecule has 1 amide bonds. The fourth-order valence-electron chi connectivity index (χ4n) is 3.44. The summed E-state index contributed by atoms with van der Waals surface area (Å²) in [7, 11) is -1.79. The van der Waals surface area contributed by atoms with Crippen LogP contribution in [0.5, 0.6) is 5.75 Å². The van der Waals surface area contributed by atoms with Crippen molar-refractivity contribution in [3.63, 3.8) is 0 Å². The van der Waals surface area contributed by atoms with Crippen molar-refractivity contribution in [3.05, 3.63) is 48.0 Å². The van der Waals surface area contributed by atoms with Crippen LogP contribution in [0.2, 0.25) is 0 Å². The molecule has 9 heteroatoms. The van der Waals surface area contributed by atoms with Gasteiger partial charge in [-0.3, -0.25) is 4.79 Å². The van der Waals surface area contributed by atoms with Gasteiger partial charge in [0.15, 0.2) is 15.0 Å². The van der Waals surface area contributed by atoms with Crippen molar-refractivity contribution >= 4 is 42.4 Å². The first-order valence-electron chi connectivity index (χ1n) is 9.15. The van der Waals surface area contributed by atoms with Gasteiger partial charge in [-0.05, 0) is 24.3 Å². The van der Waals surface area contributed by atoms with E-state index in [0.29, 0.717) is 43.0 Å². The standard InChI is InChI=1S/C20H21N3O4S2/c1-27-15-7-4-3-6-14(15)19(24)22-10-12-23(13-11-22)20-21-18-16(28-20)8-5-9-17(18)29(2,25)26/h3-9H,10-13H2,1-2H3. The monoisotopic (exact) mass is 431 g/mol. The van der Waals surface area contributed by atoms with Crippen molar-refractivity contribution in [2.24, 2.45) is 0 Å². The number of amides is 1. The van der Waals surface area contributed by atoms with Gasteiger partial charge >= 0.3 is 0 Å². The fourth-order valence-corrected chi connectivity index (χ4v) is 5.38. The van der Waals surface area contributed by atoms with Crippen molar-refractivity contribution in [3.8, 4) is 5.75 Å². The molecule has 2 heterocycles. The number of rotatable bonds is 4. The van der Waals surface area contributed by atoms with E-state index in [9.17, 15) is 13.2 Å². The number of para-hydroxylation sites is 2. The number of carbonyl (C=O) groups is 1. The number of fused-ring (bicyclic) bond motifs is 1. The molecule has 1 aliphatic rings. The molecule has 1 saturated heterocycles. The number of aromatic nitrogens is 1. The molecular formula is C20H21N3O4S2. The molecule has 29 heavy (non-hydrogen) atoms. The zero-order valence-electron chi connectivity index (χ0n) is 16.2. The molecule has 1 fully saturated rings. The van der Waals surface area contributed by atoms with Crippen LogP contribution in [0.25, 0.3) is 10.2 Å². The van der Waals surface area contributed by atoms with Crippen molar-refractivity contribution in [1.82, 2.24) is 9.88 Å². The Hall–Kier alpha value is -2.65. The van der Waals surface area contributed by atoms with E-state index in [1.165, 1.54) is 17.6 Å². The van der Waals surface area contributed by atoms with Crippen molar-refractivity contribution in [2.45, 2.75) is 4.90 Å². The van der Waals surface area contributed by atoms with E-state index < -0.39 is 9.84 Å². The van der Waals surface area contributed by atoms with Gasteiger partial charge in [-0.25, -0.2) is 13.4 Å². The third-order valence-electron chi connectivity index (χ3n) is 4.94. The summed E-state index contributed by atoms with van der Waals surface area (Å²) in [5.74, 6) is 0.519. The number of anilines is 1. The first-order valence-corrected chi connectivity index (χ1v) is 11.9. The van der Waals surface area contributed by atoms with Crippen molar-refractivity contribution < 1.29 is 17.9 Å². The number of carbonyl (C=O) groups excluding carboxylic acids is 1. The summed E-state index contributed by atoms with van der Waals surface area (Å²) in [6.07, 6.45) is 1.20. The molecular weight excluding hydrogens is 410 g/mol. The smallest absolute Gasteiger partial charge is 0.257 e. The number of benzene rings is 2. The van der Waals surface area contributed by atoms with Crippen LogP contribution in [0.3, 0.4) is 0 Å². The number of piperazine rings is 1. The molecule has 1 aromatic heterocycles. The van der Waals surface area contributed by atoms with E-state index in [1.807, 2.05) is 23.1 Å². The summed E-state index contributed by atoms with van der Waals surface area (Å²) < 4.78 is 30.2. The Morgan fingerprint density at radius 2 is 1.79 bits per heavy atom. The molecule has 0 N–H and O–H groups in total. The summed E-state index contributed by atoms with van der Waals surface area (Å²) in [6.45, 7) is 2.39. The van der Waals surface area contributed by atoms with E-state index in [4.69, 9.17) is 4.74 Å². The average molecular weight is 432 g/mol. The quantitative estimate of drug-likeness (QED) is 0.632. The highest BCUT2D eigenvalue weighted by atomic mass is 32.2. The molecule has 2 aromatic carbocycles. The fraction of sp³-hybridized carbons (Fsp3) is 0.300. The predicted molar refractivity (Wildman–Crippen MR) is 114 cm³/mol. The van der Waals surface area contributed by atoms with E-state index in [2.05, 4.69) is 9.88 Å². The maximum Gasteiger partial charge on any atom is 0.257 e. The van der Waals surface area contributed by atoms with E-state index in [1.54, 1.807) is 31.4 Å². The second-order valence-corrected chi connectivity index (χ2v) is 9.84. The lowest BCUT2D eigenvalue weighted by atomic mass is 10.1. The van der Waals surface area contributed by atoms with Gasteiger partial charge in [-0.15, -0.1) is 0 Å². The van der Waals surface area contributed by atoms with Crippen LogP contribution in [0.15, 0.2) is 47.4 Å². The van der Waals surface area contributed by atoms with E-state index >= 15 is 0 Å². The van der Waals surface area contributed by atoms with Gasteiger partial charge in [0.2, 0.25) is 0 Å². The largest absolute Gasteiger partial charge is 0.496 e. The minimum atomic E-state index is -3.34. The number of ether oxygens (including phenoxy) is 1. The molecule has 152 valence electrons. The van der Waals surface area contributed by atoms with Gasteiger partial charge in [-0.1, -0.05) is 29.5 Å². The van der Waals surface area contributed by atoms with Crippen LogP contribution in [-0.2, 0) is 9.84 Å². The number of hydrogen-bond donors (Lipinski definition) is 0. The Labute approximate surface area is 173 Å². The van der Waals surface area contributed by atoms with Gasteiger partial charge < -0.3 is 14.5 Å². The topological polar surface area (TPSA) is 79.8 Å². The average Bonchev–Trinajstić information content (AvgIpc) is 3.17. The lowest BCUT2D eigenvalue weighted by molar-refractivity contribution is 0.0743. The van der Waals surface area contributed by atoms with Crippen LogP contribution in [-0.4, -0.2) is 63.8 Å². The SMILES string of the molecule is COc1ccccc1C(=O)N1CCN(c2nc3c(S(C)(=O)=O)cccc3s2)CC1. The summed E-state index contributed by atoms with van der Waals surface area (Å²) in [4.78, 5) is 21.6. The maximum atomic E-state index is 12.9. The third kappa shape index (κ3) is 3.79. The van der Waals surface area contributed by atoms with Gasteiger partial charge in [0, 0.05) is 32.4 Å². The lowest BCUT2D eigenvalue weighted by Crippen LogP contribution is -2.48. The van der Waals surface area contributed by atoms with Gasteiger partial charge in [-0.2, -0.15) is 0 Å². The zero-order chi connectivity index (χ0) is 20.6. The van der Waals surface area contributed by atoms with Crippen molar-refractivity contribution in [2.75, 3.05) is 44.4 Å². The number of thiazole rings is 1. The number of hydrogen-bond acceptors (Lipinski definition) is 7. The molecule has 0 saturated carbocycles. The maximum absolute atomic E-state index is 12.9. The van der Waals surface area contributed by atoms with Crippen LogP contribution >= 0.6 is 11.3 Å². The minimum Gasteiger partial charge on any atom is -0.496 e. The summed E-state index contributed by atoms with van der Waals surface area (Å²) in [5, 5.41) is 0.778. The van der Waals surface area contributed by atoms with Crippen LogP contribution < -0.4 is 9.64 Å². The lowest BCUT2D eigenvalue weighted by Gasteiger charge is -2.34. The normalized spacial score (nSPS) is 15.0. The Morgan fingerprint density at radius 1 is 1.07 bits per heavy atom. The van der Waals surface area contributed by atoms with E-state index in [0.717, 1.165) is 9.83 Å².